The van der Waals surface area contributed by atoms with Crippen LogP contribution in [0.5, 0.6) is 0 Å². The molecule has 0 saturated heterocycles. The van der Waals surface area contributed by atoms with Crippen LogP contribution in [0.1, 0.15) is 21.1 Å². The molecule has 2 aromatic heterocycles. The zero-order chi connectivity index (χ0) is 14.8. The molecule has 0 aliphatic carbocycles. The normalized spacial score (nSPS) is 11.9. The van der Waals surface area contributed by atoms with Crippen LogP contribution < -0.4 is 10.0 Å². The minimum absolute atomic E-state index is 0.0395. The standard InChI is InChI=1S/C11H17N5O2S2/c1-7-4-13-10(19-7)6-14-20(17,18)11-9(5-12-3)8(2)15-16-11/h4,12,14H,5-6H2,1-3H3,(H,15,16). The number of rotatable bonds is 6. The number of thiazole rings is 1. The third-order valence-electron chi connectivity index (χ3n) is 2.73. The van der Waals surface area contributed by atoms with Crippen molar-refractivity contribution in [2.75, 3.05) is 7.05 Å². The Morgan fingerprint density at radius 3 is 2.70 bits per heavy atom. The van der Waals surface area contributed by atoms with Crippen LogP contribution in [0.2, 0.25) is 0 Å². The van der Waals surface area contributed by atoms with Crippen LogP contribution in [0, 0.1) is 13.8 Å². The fourth-order valence-electron chi connectivity index (χ4n) is 1.75. The van der Waals surface area contributed by atoms with Gasteiger partial charge in [-0.15, -0.1) is 11.3 Å². The Morgan fingerprint density at radius 1 is 1.35 bits per heavy atom. The van der Waals surface area contributed by atoms with Crippen molar-refractivity contribution >= 4 is 21.4 Å². The molecule has 3 N–H and O–H groups in total. The zero-order valence-corrected chi connectivity index (χ0v) is 13.2. The van der Waals surface area contributed by atoms with Gasteiger partial charge in [-0.2, -0.15) is 5.10 Å². The molecule has 0 saturated carbocycles. The average Bonchev–Trinajstić information content (AvgIpc) is 2.96. The predicted octanol–water partition coefficient (Wildman–Crippen LogP) is 0.681. The monoisotopic (exact) mass is 315 g/mol. The molecule has 2 heterocycles. The second-order valence-electron chi connectivity index (χ2n) is 4.35. The Balaban J connectivity index is 2.18. The molecule has 9 heteroatoms. The van der Waals surface area contributed by atoms with Crippen molar-refractivity contribution in [3.8, 4) is 0 Å². The van der Waals surface area contributed by atoms with E-state index < -0.39 is 10.0 Å². The van der Waals surface area contributed by atoms with E-state index in [-0.39, 0.29) is 11.6 Å². The number of hydrogen-bond donors (Lipinski definition) is 3. The van der Waals surface area contributed by atoms with Gasteiger partial charge in [0.2, 0.25) is 0 Å². The van der Waals surface area contributed by atoms with Crippen molar-refractivity contribution in [2.45, 2.75) is 32.0 Å². The lowest BCUT2D eigenvalue weighted by Gasteiger charge is -2.05. The quantitative estimate of drug-likeness (QED) is 0.728. The van der Waals surface area contributed by atoms with E-state index >= 15 is 0 Å². The molecule has 110 valence electrons. The Labute approximate surface area is 121 Å². The smallest absolute Gasteiger partial charge is 0.260 e. The third kappa shape index (κ3) is 3.23. The van der Waals surface area contributed by atoms with Gasteiger partial charge >= 0.3 is 0 Å². The van der Waals surface area contributed by atoms with Gasteiger partial charge < -0.3 is 5.32 Å². The molecule has 20 heavy (non-hydrogen) atoms. The fraction of sp³-hybridized carbons (Fsp3) is 0.455. The maximum Gasteiger partial charge on any atom is 0.260 e. The molecule has 0 aliphatic heterocycles. The van der Waals surface area contributed by atoms with Gasteiger partial charge in [-0.1, -0.05) is 0 Å². The second-order valence-corrected chi connectivity index (χ2v) is 7.35. The summed E-state index contributed by atoms with van der Waals surface area (Å²) >= 11 is 1.46. The van der Waals surface area contributed by atoms with E-state index in [0.717, 1.165) is 15.6 Å². The molecule has 0 fully saturated rings. The van der Waals surface area contributed by atoms with Gasteiger partial charge in [-0.3, -0.25) is 5.10 Å². The summed E-state index contributed by atoms with van der Waals surface area (Å²) in [6.45, 7) is 4.33. The lowest BCUT2D eigenvalue weighted by molar-refractivity contribution is 0.574. The predicted molar refractivity (Wildman–Crippen MR) is 77.0 cm³/mol. The van der Waals surface area contributed by atoms with Crippen LogP contribution in [0.15, 0.2) is 11.2 Å². The topological polar surface area (TPSA) is 99.8 Å². The first-order valence-electron chi connectivity index (χ1n) is 6.03. The Bertz CT molecular complexity index is 689. The molecule has 0 aliphatic rings. The third-order valence-corrected chi connectivity index (χ3v) is 5.01. The molecular formula is C11H17N5O2S2. The van der Waals surface area contributed by atoms with E-state index in [0.29, 0.717) is 12.1 Å². The first kappa shape index (κ1) is 15.1. The summed E-state index contributed by atoms with van der Waals surface area (Å²) in [6.07, 6.45) is 1.72. The van der Waals surface area contributed by atoms with E-state index in [4.69, 9.17) is 0 Å². The van der Waals surface area contributed by atoms with Crippen LogP contribution in [-0.2, 0) is 23.1 Å². The minimum atomic E-state index is -3.65. The summed E-state index contributed by atoms with van der Waals surface area (Å²) in [6, 6.07) is 0. The first-order valence-corrected chi connectivity index (χ1v) is 8.33. The lowest BCUT2D eigenvalue weighted by Crippen LogP contribution is -2.25. The average molecular weight is 315 g/mol. The van der Waals surface area contributed by atoms with Crippen LogP contribution in [0.25, 0.3) is 0 Å². The van der Waals surface area contributed by atoms with Gasteiger partial charge in [0.05, 0.1) is 6.54 Å². The van der Waals surface area contributed by atoms with Crippen molar-refractivity contribution in [1.82, 2.24) is 25.2 Å². The Hall–Kier alpha value is -1.29. The van der Waals surface area contributed by atoms with Crippen LogP contribution in [0.4, 0.5) is 0 Å². The zero-order valence-electron chi connectivity index (χ0n) is 11.5. The number of aryl methyl sites for hydroxylation is 2. The van der Waals surface area contributed by atoms with Crippen LogP contribution >= 0.6 is 11.3 Å². The first-order chi connectivity index (χ1) is 9.44. The van der Waals surface area contributed by atoms with Gasteiger partial charge in [0.1, 0.15) is 5.01 Å². The molecule has 0 bridgehead atoms. The van der Waals surface area contributed by atoms with Crippen molar-refractivity contribution in [3.63, 3.8) is 0 Å². The molecule has 0 unspecified atom stereocenters. The summed E-state index contributed by atoms with van der Waals surface area (Å²) in [7, 11) is -1.89. The van der Waals surface area contributed by atoms with Gasteiger partial charge in [-0.25, -0.2) is 18.1 Å². The van der Waals surface area contributed by atoms with Gasteiger partial charge in [0, 0.05) is 28.9 Å². The lowest BCUT2D eigenvalue weighted by atomic mass is 10.3. The molecule has 0 atom stereocenters. The maximum atomic E-state index is 12.3. The molecule has 7 nitrogen and oxygen atoms in total. The fourth-order valence-corrected chi connectivity index (χ4v) is 3.74. The number of H-pyrrole nitrogens is 1. The number of aromatic nitrogens is 3. The van der Waals surface area contributed by atoms with E-state index in [9.17, 15) is 8.42 Å². The van der Waals surface area contributed by atoms with Gasteiger partial charge in [-0.05, 0) is 20.9 Å². The highest BCUT2D eigenvalue weighted by molar-refractivity contribution is 7.89. The maximum absolute atomic E-state index is 12.3. The second kappa shape index (κ2) is 6.00. The Morgan fingerprint density at radius 2 is 2.10 bits per heavy atom. The van der Waals surface area contributed by atoms with Crippen molar-refractivity contribution in [2.24, 2.45) is 0 Å². The van der Waals surface area contributed by atoms with E-state index in [1.165, 1.54) is 11.3 Å². The largest absolute Gasteiger partial charge is 0.316 e. The van der Waals surface area contributed by atoms with Crippen molar-refractivity contribution < 1.29 is 8.42 Å². The van der Waals surface area contributed by atoms with Crippen molar-refractivity contribution in [3.05, 3.63) is 27.3 Å². The van der Waals surface area contributed by atoms with Crippen LogP contribution in [-0.4, -0.2) is 30.6 Å². The summed E-state index contributed by atoms with van der Waals surface area (Å²) < 4.78 is 27.1. The number of hydrogen-bond acceptors (Lipinski definition) is 6. The number of sulfonamides is 1. The molecule has 0 amide bonds. The summed E-state index contributed by atoms with van der Waals surface area (Å²) in [5.41, 5.74) is 1.39. The minimum Gasteiger partial charge on any atom is -0.316 e. The van der Waals surface area contributed by atoms with E-state index in [2.05, 4.69) is 25.2 Å². The van der Waals surface area contributed by atoms with E-state index in [1.54, 1.807) is 20.2 Å². The molecule has 0 aromatic carbocycles. The molecule has 0 radical (unpaired) electrons. The molecule has 2 aromatic rings. The SMILES string of the molecule is CNCc1c(S(=O)(=O)NCc2ncc(C)s2)n[nH]c1C. The summed E-state index contributed by atoms with van der Waals surface area (Å²) in [5, 5.41) is 10.3. The van der Waals surface area contributed by atoms with Gasteiger partial charge in [0.15, 0.2) is 5.03 Å². The van der Waals surface area contributed by atoms with Crippen LogP contribution in [0.3, 0.4) is 0 Å². The summed E-state index contributed by atoms with van der Waals surface area (Å²) in [4.78, 5) is 5.17. The number of nitrogens with zero attached hydrogens (tertiary/aromatic N) is 2. The number of nitrogens with one attached hydrogen (secondary N) is 3. The highest BCUT2D eigenvalue weighted by Gasteiger charge is 2.23. The molecular weight excluding hydrogens is 298 g/mol. The molecule has 2 rings (SSSR count). The van der Waals surface area contributed by atoms with Gasteiger partial charge in [0.25, 0.3) is 10.0 Å². The highest BCUT2D eigenvalue weighted by Crippen LogP contribution is 2.17. The molecule has 0 spiro atoms. The van der Waals surface area contributed by atoms with E-state index in [1.807, 2.05) is 6.92 Å². The Kier molecular flexibility index (Phi) is 4.53. The van der Waals surface area contributed by atoms with Crippen molar-refractivity contribution in [1.29, 1.82) is 0 Å². The summed E-state index contributed by atoms with van der Waals surface area (Å²) in [5.74, 6) is 0. The highest BCUT2D eigenvalue weighted by atomic mass is 32.2. The number of aromatic amines is 1.